The molecule has 1 amide bonds. The second-order valence-corrected chi connectivity index (χ2v) is 5.66. The monoisotopic (exact) mass is 326 g/mol. The molecule has 0 bridgehead atoms. The standard InChI is InChI=1S/C16H20ClFN2O2/c1-3-6-19-7-9-20(10-8-19)16(21)12(2)22-15-5-4-13(18)11-14(15)17/h3-5,11-12H,1,6-10H2,2H3/t12-/m0/s1. The van der Waals surface area contributed by atoms with Crippen LogP contribution in [-0.4, -0.2) is 54.5 Å². The number of hydrogen-bond acceptors (Lipinski definition) is 3. The van der Waals surface area contributed by atoms with E-state index in [0.29, 0.717) is 18.8 Å². The largest absolute Gasteiger partial charge is 0.479 e. The second kappa shape index (κ2) is 7.61. The van der Waals surface area contributed by atoms with Gasteiger partial charge in [0.05, 0.1) is 5.02 Å². The van der Waals surface area contributed by atoms with E-state index >= 15 is 0 Å². The van der Waals surface area contributed by atoms with E-state index < -0.39 is 11.9 Å². The molecule has 1 aromatic rings. The molecule has 0 N–H and O–H groups in total. The third kappa shape index (κ3) is 4.21. The Bertz CT molecular complexity index is 545. The maximum Gasteiger partial charge on any atom is 0.263 e. The summed E-state index contributed by atoms with van der Waals surface area (Å²) in [7, 11) is 0. The van der Waals surface area contributed by atoms with Gasteiger partial charge in [0, 0.05) is 32.7 Å². The molecule has 4 nitrogen and oxygen atoms in total. The molecule has 0 spiro atoms. The van der Waals surface area contributed by atoms with Crippen molar-refractivity contribution in [3.63, 3.8) is 0 Å². The molecule has 0 unspecified atom stereocenters. The fraction of sp³-hybridized carbons (Fsp3) is 0.438. The fourth-order valence-electron chi connectivity index (χ4n) is 2.40. The van der Waals surface area contributed by atoms with Gasteiger partial charge in [0.25, 0.3) is 5.91 Å². The number of halogens is 2. The maximum atomic E-state index is 13.0. The van der Waals surface area contributed by atoms with Crippen LogP contribution >= 0.6 is 11.6 Å². The van der Waals surface area contributed by atoms with E-state index in [9.17, 15) is 9.18 Å². The summed E-state index contributed by atoms with van der Waals surface area (Å²) in [5, 5.41) is 0.162. The Kier molecular flexibility index (Phi) is 5.80. The first kappa shape index (κ1) is 16.8. The van der Waals surface area contributed by atoms with Crippen molar-refractivity contribution in [1.29, 1.82) is 0 Å². The molecule has 1 heterocycles. The third-order valence-electron chi connectivity index (χ3n) is 3.62. The SMILES string of the molecule is C=CCN1CCN(C(=O)[C@H](C)Oc2ccc(F)cc2Cl)CC1. The minimum Gasteiger partial charge on any atom is -0.479 e. The number of rotatable bonds is 5. The summed E-state index contributed by atoms with van der Waals surface area (Å²) in [6, 6.07) is 3.86. The van der Waals surface area contributed by atoms with Crippen LogP contribution < -0.4 is 4.74 Å². The zero-order valence-corrected chi connectivity index (χ0v) is 13.4. The van der Waals surface area contributed by atoms with Gasteiger partial charge in [-0.1, -0.05) is 17.7 Å². The van der Waals surface area contributed by atoms with E-state index in [1.165, 1.54) is 18.2 Å². The van der Waals surface area contributed by atoms with E-state index in [1.807, 2.05) is 6.08 Å². The molecular weight excluding hydrogens is 307 g/mol. The van der Waals surface area contributed by atoms with Gasteiger partial charge < -0.3 is 9.64 Å². The quantitative estimate of drug-likeness (QED) is 0.780. The molecule has 1 atom stereocenters. The topological polar surface area (TPSA) is 32.8 Å². The number of amides is 1. The van der Waals surface area contributed by atoms with Gasteiger partial charge >= 0.3 is 0 Å². The molecule has 0 saturated carbocycles. The van der Waals surface area contributed by atoms with E-state index in [4.69, 9.17) is 16.3 Å². The van der Waals surface area contributed by atoms with Gasteiger partial charge in [-0.3, -0.25) is 9.69 Å². The predicted molar refractivity (Wildman–Crippen MR) is 84.7 cm³/mol. The lowest BCUT2D eigenvalue weighted by molar-refractivity contribution is -0.139. The third-order valence-corrected chi connectivity index (χ3v) is 3.91. The van der Waals surface area contributed by atoms with E-state index in [0.717, 1.165) is 19.6 Å². The van der Waals surface area contributed by atoms with Crippen molar-refractivity contribution >= 4 is 17.5 Å². The molecular formula is C16H20ClFN2O2. The van der Waals surface area contributed by atoms with Crippen molar-refractivity contribution in [3.8, 4) is 5.75 Å². The zero-order valence-electron chi connectivity index (χ0n) is 12.6. The summed E-state index contributed by atoms with van der Waals surface area (Å²) in [4.78, 5) is 16.4. The molecule has 1 aliphatic heterocycles. The summed E-state index contributed by atoms with van der Waals surface area (Å²) in [5.74, 6) is -0.206. The number of carbonyl (C=O) groups excluding carboxylic acids is 1. The highest BCUT2D eigenvalue weighted by Crippen LogP contribution is 2.26. The van der Waals surface area contributed by atoms with Gasteiger partial charge in [0.1, 0.15) is 11.6 Å². The van der Waals surface area contributed by atoms with E-state index in [-0.39, 0.29) is 10.9 Å². The van der Waals surface area contributed by atoms with E-state index in [2.05, 4.69) is 11.5 Å². The Balaban J connectivity index is 1.91. The Labute approximate surface area is 135 Å². The molecule has 1 fully saturated rings. The number of piperazine rings is 1. The van der Waals surface area contributed by atoms with Crippen molar-refractivity contribution in [2.24, 2.45) is 0 Å². The number of benzene rings is 1. The van der Waals surface area contributed by atoms with Crippen LogP contribution in [0.2, 0.25) is 5.02 Å². The highest BCUT2D eigenvalue weighted by atomic mass is 35.5. The average molecular weight is 327 g/mol. The smallest absolute Gasteiger partial charge is 0.263 e. The lowest BCUT2D eigenvalue weighted by Gasteiger charge is -2.35. The molecule has 6 heteroatoms. The molecule has 1 aromatic carbocycles. The highest BCUT2D eigenvalue weighted by Gasteiger charge is 2.26. The first-order valence-electron chi connectivity index (χ1n) is 7.25. The minimum atomic E-state index is -0.658. The highest BCUT2D eigenvalue weighted by molar-refractivity contribution is 6.32. The van der Waals surface area contributed by atoms with Crippen LogP contribution in [0.25, 0.3) is 0 Å². The number of hydrogen-bond donors (Lipinski definition) is 0. The van der Waals surface area contributed by atoms with Gasteiger partial charge in [0.2, 0.25) is 0 Å². The molecule has 1 aliphatic rings. The van der Waals surface area contributed by atoms with Gasteiger partial charge in [-0.15, -0.1) is 6.58 Å². The van der Waals surface area contributed by atoms with Crippen LogP contribution in [-0.2, 0) is 4.79 Å². The maximum absolute atomic E-state index is 13.0. The van der Waals surface area contributed by atoms with E-state index in [1.54, 1.807) is 11.8 Å². The summed E-state index contributed by atoms with van der Waals surface area (Å²) < 4.78 is 18.6. The van der Waals surface area contributed by atoms with Crippen LogP contribution in [0, 0.1) is 5.82 Å². The molecule has 0 aromatic heterocycles. The van der Waals surface area contributed by atoms with Crippen LogP contribution in [0.5, 0.6) is 5.75 Å². The van der Waals surface area contributed by atoms with Gasteiger partial charge in [-0.2, -0.15) is 0 Å². The van der Waals surface area contributed by atoms with Crippen molar-refractivity contribution in [3.05, 3.63) is 41.7 Å². The predicted octanol–water partition coefficient (Wildman–Crippen LogP) is 2.58. The minimum absolute atomic E-state index is 0.0846. The van der Waals surface area contributed by atoms with Crippen molar-refractivity contribution < 1.29 is 13.9 Å². The molecule has 1 saturated heterocycles. The molecule has 0 radical (unpaired) electrons. The average Bonchev–Trinajstić information content (AvgIpc) is 2.50. The molecule has 0 aliphatic carbocycles. The Morgan fingerprint density at radius 1 is 1.45 bits per heavy atom. The molecule has 22 heavy (non-hydrogen) atoms. The summed E-state index contributed by atoms with van der Waals surface area (Å²) in [5.41, 5.74) is 0. The lowest BCUT2D eigenvalue weighted by atomic mass is 10.2. The van der Waals surface area contributed by atoms with Gasteiger partial charge in [-0.25, -0.2) is 4.39 Å². The summed E-state index contributed by atoms with van der Waals surface area (Å²) in [6.45, 7) is 9.20. The van der Waals surface area contributed by atoms with Crippen molar-refractivity contribution in [2.75, 3.05) is 32.7 Å². The first-order chi connectivity index (χ1) is 10.5. The molecule has 120 valence electrons. The number of ether oxygens (including phenoxy) is 1. The summed E-state index contributed by atoms with van der Waals surface area (Å²) in [6.07, 6.45) is 1.20. The van der Waals surface area contributed by atoms with Gasteiger partial charge in [-0.05, 0) is 25.1 Å². The van der Waals surface area contributed by atoms with Crippen molar-refractivity contribution in [2.45, 2.75) is 13.0 Å². The van der Waals surface area contributed by atoms with Crippen LogP contribution in [0.3, 0.4) is 0 Å². The Morgan fingerprint density at radius 2 is 2.14 bits per heavy atom. The lowest BCUT2D eigenvalue weighted by Crippen LogP contribution is -2.51. The zero-order chi connectivity index (χ0) is 16.1. The van der Waals surface area contributed by atoms with Crippen LogP contribution in [0.15, 0.2) is 30.9 Å². The van der Waals surface area contributed by atoms with Crippen LogP contribution in [0.4, 0.5) is 4.39 Å². The van der Waals surface area contributed by atoms with Crippen molar-refractivity contribution in [1.82, 2.24) is 9.80 Å². The van der Waals surface area contributed by atoms with Gasteiger partial charge in [0.15, 0.2) is 6.10 Å². The number of carbonyl (C=O) groups is 1. The Morgan fingerprint density at radius 3 is 2.73 bits per heavy atom. The first-order valence-corrected chi connectivity index (χ1v) is 7.63. The summed E-state index contributed by atoms with van der Waals surface area (Å²) >= 11 is 5.91. The fourth-order valence-corrected chi connectivity index (χ4v) is 2.61. The Hall–Kier alpha value is -1.59. The second-order valence-electron chi connectivity index (χ2n) is 5.25. The number of nitrogens with zero attached hydrogens (tertiary/aromatic N) is 2. The molecule has 2 rings (SSSR count). The normalized spacial score (nSPS) is 17.1. The van der Waals surface area contributed by atoms with Crippen LogP contribution in [0.1, 0.15) is 6.92 Å².